The van der Waals surface area contributed by atoms with Gasteiger partial charge in [-0.05, 0) is 55.5 Å². The van der Waals surface area contributed by atoms with Crippen molar-refractivity contribution in [3.05, 3.63) is 78.4 Å². The zero-order chi connectivity index (χ0) is 24.0. The van der Waals surface area contributed by atoms with Crippen LogP contribution in [0.1, 0.15) is 12.5 Å². The van der Waals surface area contributed by atoms with Crippen molar-refractivity contribution in [2.24, 2.45) is 0 Å². The Morgan fingerprint density at radius 3 is 2.03 bits per heavy atom. The summed E-state index contributed by atoms with van der Waals surface area (Å²) >= 11 is 0. The van der Waals surface area contributed by atoms with E-state index < -0.39 is 22.5 Å². The number of aryl methyl sites for hydroxylation is 1. The van der Waals surface area contributed by atoms with Gasteiger partial charge in [0.2, 0.25) is 11.8 Å². The average molecular weight is 468 g/mol. The molecule has 0 heterocycles. The number of carbonyl (C=O) groups excluding carboxylic acids is 2. The second-order valence-electron chi connectivity index (χ2n) is 7.30. The van der Waals surface area contributed by atoms with Gasteiger partial charge < -0.3 is 15.4 Å². The first-order chi connectivity index (χ1) is 15.7. The van der Waals surface area contributed by atoms with E-state index in [0.717, 1.165) is 9.87 Å². The van der Waals surface area contributed by atoms with Crippen molar-refractivity contribution in [3.8, 4) is 5.75 Å². The Hall–Kier alpha value is -3.85. The van der Waals surface area contributed by atoms with Crippen LogP contribution in [0, 0.1) is 6.92 Å². The first kappa shape index (κ1) is 23.8. The number of para-hydroxylation sites is 2. The monoisotopic (exact) mass is 467 g/mol. The molecule has 0 bridgehead atoms. The lowest BCUT2D eigenvalue weighted by Crippen LogP contribution is -2.38. The molecular weight excluding hydrogens is 442 g/mol. The summed E-state index contributed by atoms with van der Waals surface area (Å²) in [5.41, 5.74) is 2.20. The largest absolute Gasteiger partial charge is 0.495 e. The number of nitrogens with one attached hydrogen (secondary N) is 2. The fraction of sp³-hybridized carbons (Fsp3) is 0.167. The maximum atomic E-state index is 13.5. The zero-order valence-corrected chi connectivity index (χ0v) is 19.3. The molecule has 0 atom stereocenters. The minimum atomic E-state index is -4.07. The van der Waals surface area contributed by atoms with Crippen LogP contribution in [0.2, 0.25) is 0 Å². The molecule has 3 rings (SSSR count). The highest BCUT2D eigenvalue weighted by molar-refractivity contribution is 7.92. The van der Waals surface area contributed by atoms with E-state index >= 15 is 0 Å². The third kappa shape index (κ3) is 5.89. The number of hydrogen-bond donors (Lipinski definition) is 2. The van der Waals surface area contributed by atoms with Crippen LogP contribution in [0.25, 0.3) is 0 Å². The molecule has 0 radical (unpaired) electrons. The average Bonchev–Trinajstić information content (AvgIpc) is 2.78. The first-order valence-corrected chi connectivity index (χ1v) is 11.5. The zero-order valence-electron chi connectivity index (χ0n) is 18.5. The van der Waals surface area contributed by atoms with Gasteiger partial charge in [0.25, 0.3) is 10.0 Å². The van der Waals surface area contributed by atoms with Gasteiger partial charge in [-0.15, -0.1) is 0 Å². The lowest BCUT2D eigenvalue weighted by Gasteiger charge is -2.25. The fourth-order valence-corrected chi connectivity index (χ4v) is 4.58. The molecule has 2 amide bonds. The minimum Gasteiger partial charge on any atom is -0.495 e. The molecule has 3 aromatic carbocycles. The van der Waals surface area contributed by atoms with Crippen LogP contribution < -0.4 is 19.7 Å². The summed E-state index contributed by atoms with van der Waals surface area (Å²) in [4.78, 5) is 24.1. The summed E-state index contributed by atoms with van der Waals surface area (Å²) in [6.07, 6.45) is 0. The number of rotatable bonds is 8. The molecule has 0 fully saturated rings. The number of methoxy groups -OCH3 is 1. The van der Waals surface area contributed by atoms with E-state index in [1.165, 1.54) is 26.2 Å². The van der Waals surface area contributed by atoms with Crippen molar-refractivity contribution in [3.63, 3.8) is 0 Å². The van der Waals surface area contributed by atoms with E-state index in [2.05, 4.69) is 10.6 Å². The second kappa shape index (κ2) is 10.2. The molecule has 2 N–H and O–H groups in total. The summed E-state index contributed by atoms with van der Waals surface area (Å²) in [5, 5.41) is 5.33. The van der Waals surface area contributed by atoms with Gasteiger partial charge in [0.15, 0.2) is 0 Å². The number of hydrogen-bond acceptors (Lipinski definition) is 5. The third-order valence-corrected chi connectivity index (χ3v) is 6.51. The van der Waals surface area contributed by atoms with Gasteiger partial charge in [0.1, 0.15) is 12.3 Å². The van der Waals surface area contributed by atoms with E-state index in [9.17, 15) is 18.0 Å². The predicted molar refractivity (Wildman–Crippen MR) is 128 cm³/mol. The summed E-state index contributed by atoms with van der Waals surface area (Å²) in [6.45, 7) is 2.79. The van der Waals surface area contributed by atoms with Crippen LogP contribution in [0.4, 0.5) is 17.1 Å². The number of amides is 2. The molecule has 0 aromatic heterocycles. The SMILES string of the molecule is COc1ccccc1N(CC(=O)Nc1ccc(NC(C)=O)cc1)S(=O)(=O)c1ccc(C)cc1. The normalized spacial score (nSPS) is 10.9. The van der Waals surface area contributed by atoms with Crippen molar-refractivity contribution >= 4 is 38.9 Å². The Kier molecular flexibility index (Phi) is 7.34. The number of ether oxygens (including phenoxy) is 1. The van der Waals surface area contributed by atoms with Crippen LogP contribution in [0.15, 0.2) is 77.7 Å². The van der Waals surface area contributed by atoms with E-state index in [-0.39, 0.29) is 16.5 Å². The second-order valence-corrected chi connectivity index (χ2v) is 9.17. The molecule has 33 heavy (non-hydrogen) atoms. The molecule has 0 aliphatic carbocycles. The highest BCUT2D eigenvalue weighted by Crippen LogP contribution is 2.32. The van der Waals surface area contributed by atoms with Crippen molar-refractivity contribution < 1.29 is 22.7 Å². The Morgan fingerprint density at radius 2 is 1.45 bits per heavy atom. The molecule has 172 valence electrons. The number of sulfonamides is 1. The maximum absolute atomic E-state index is 13.5. The lowest BCUT2D eigenvalue weighted by molar-refractivity contribution is -0.115. The lowest BCUT2D eigenvalue weighted by atomic mass is 10.2. The van der Waals surface area contributed by atoms with Gasteiger partial charge in [-0.2, -0.15) is 0 Å². The number of nitrogens with zero attached hydrogens (tertiary/aromatic N) is 1. The Morgan fingerprint density at radius 1 is 0.879 bits per heavy atom. The van der Waals surface area contributed by atoms with E-state index in [1.54, 1.807) is 60.7 Å². The van der Waals surface area contributed by atoms with E-state index in [0.29, 0.717) is 17.1 Å². The van der Waals surface area contributed by atoms with Gasteiger partial charge >= 0.3 is 0 Å². The maximum Gasteiger partial charge on any atom is 0.264 e. The van der Waals surface area contributed by atoms with Crippen molar-refractivity contribution in [2.75, 3.05) is 28.6 Å². The minimum absolute atomic E-state index is 0.0615. The molecule has 9 heteroatoms. The molecule has 0 saturated heterocycles. The van der Waals surface area contributed by atoms with Crippen LogP contribution in [-0.4, -0.2) is 33.9 Å². The molecule has 0 aliphatic rings. The van der Waals surface area contributed by atoms with Gasteiger partial charge in [-0.25, -0.2) is 8.42 Å². The first-order valence-electron chi connectivity index (χ1n) is 10.1. The van der Waals surface area contributed by atoms with Crippen molar-refractivity contribution in [2.45, 2.75) is 18.7 Å². The Bertz CT molecular complexity index is 1240. The van der Waals surface area contributed by atoms with E-state index in [4.69, 9.17) is 4.74 Å². The van der Waals surface area contributed by atoms with Gasteiger partial charge in [-0.3, -0.25) is 13.9 Å². The summed E-state index contributed by atoms with van der Waals surface area (Å²) < 4.78 is 33.4. The molecule has 8 nitrogen and oxygen atoms in total. The molecular formula is C24H25N3O5S. The van der Waals surface area contributed by atoms with Crippen LogP contribution in [0.5, 0.6) is 5.75 Å². The molecule has 0 aliphatic heterocycles. The number of anilines is 3. The summed E-state index contributed by atoms with van der Waals surface area (Å²) in [6, 6.07) is 19.5. The molecule has 0 saturated carbocycles. The number of benzene rings is 3. The fourth-order valence-electron chi connectivity index (χ4n) is 3.14. The van der Waals surface area contributed by atoms with Gasteiger partial charge in [0, 0.05) is 18.3 Å². The standard InChI is InChI=1S/C24H25N3O5S/c1-17-8-14-21(15-9-17)33(30,31)27(22-6-4-5-7-23(22)32-3)16-24(29)26-20-12-10-19(11-13-20)25-18(2)28/h4-15H,16H2,1-3H3,(H,25,28)(H,26,29). The van der Waals surface area contributed by atoms with Crippen LogP contribution in [0.3, 0.4) is 0 Å². The molecule has 0 unspecified atom stereocenters. The summed E-state index contributed by atoms with van der Waals surface area (Å²) in [7, 11) is -2.63. The highest BCUT2D eigenvalue weighted by Gasteiger charge is 2.29. The molecule has 0 spiro atoms. The topological polar surface area (TPSA) is 105 Å². The van der Waals surface area contributed by atoms with Crippen molar-refractivity contribution in [1.82, 2.24) is 0 Å². The van der Waals surface area contributed by atoms with Crippen LogP contribution in [-0.2, 0) is 19.6 Å². The van der Waals surface area contributed by atoms with Crippen molar-refractivity contribution in [1.29, 1.82) is 0 Å². The predicted octanol–water partition coefficient (Wildman–Crippen LogP) is 3.80. The van der Waals surface area contributed by atoms with Crippen LogP contribution >= 0.6 is 0 Å². The summed E-state index contributed by atoms with van der Waals surface area (Å²) in [5.74, 6) is -0.426. The third-order valence-electron chi connectivity index (χ3n) is 4.74. The quantitative estimate of drug-likeness (QED) is 0.524. The molecule has 3 aromatic rings. The Labute approximate surface area is 193 Å². The number of carbonyl (C=O) groups is 2. The highest BCUT2D eigenvalue weighted by atomic mass is 32.2. The smallest absolute Gasteiger partial charge is 0.264 e. The van der Waals surface area contributed by atoms with Gasteiger partial charge in [-0.1, -0.05) is 29.8 Å². The van der Waals surface area contributed by atoms with E-state index in [1.807, 2.05) is 6.92 Å². The Balaban J connectivity index is 1.90. The van der Waals surface area contributed by atoms with Gasteiger partial charge in [0.05, 0.1) is 17.7 Å².